The predicted molar refractivity (Wildman–Crippen MR) is 54.7 cm³/mol. The van der Waals surface area contributed by atoms with E-state index in [-0.39, 0.29) is 4.90 Å². The molecule has 1 rings (SSSR count). The zero-order valence-electron chi connectivity index (χ0n) is 7.77. The number of hydrogen-bond donors (Lipinski definition) is 0. The lowest BCUT2D eigenvalue weighted by Crippen LogP contribution is -1.99. The molecule has 0 aliphatic carbocycles. The van der Waals surface area contributed by atoms with Gasteiger partial charge in [0.05, 0.1) is 12.7 Å². The molecule has 0 unspecified atom stereocenters. The van der Waals surface area contributed by atoms with Crippen LogP contribution >= 0.6 is 10.7 Å². The molecule has 4 nitrogen and oxygen atoms in total. The van der Waals surface area contributed by atoms with Gasteiger partial charge in [-0.1, -0.05) is 19.1 Å². The molecule has 0 spiro atoms. The van der Waals surface area contributed by atoms with E-state index < -0.39 is 9.05 Å². The third-order valence-electron chi connectivity index (χ3n) is 1.78. The lowest BCUT2D eigenvalue weighted by molar-refractivity contribution is 0.609. The fraction of sp³-hybridized carbons (Fsp3) is 0.375. The van der Waals surface area contributed by atoms with E-state index >= 15 is 0 Å². The van der Waals surface area contributed by atoms with Crippen molar-refractivity contribution < 1.29 is 8.42 Å². The first kappa shape index (κ1) is 11.3. The van der Waals surface area contributed by atoms with Crippen LogP contribution in [0.1, 0.15) is 13.3 Å². The van der Waals surface area contributed by atoms with Crippen molar-refractivity contribution >= 4 is 19.7 Å². The van der Waals surface area contributed by atoms with Crippen LogP contribution in [0, 0.1) is 0 Å². The zero-order chi connectivity index (χ0) is 10.8. The van der Waals surface area contributed by atoms with E-state index in [4.69, 9.17) is 10.7 Å². The summed E-state index contributed by atoms with van der Waals surface area (Å²) in [6.45, 7) is 6.29. The highest BCUT2D eigenvalue weighted by molar-refractivity contribution is 8.13. The highest BCUT2D eigenvalue weighted by Crippen LogP contribution is 2.13. The summed E-state index contributed by atoms with van der Waals surface area (Å²) in [4.78, 5) is 0.0167. The number of halogens is 1. The molecule has 0 N–H and O–H groups in total. The summed E-state index contributed by atoms with van der Waals surface area (Å²) in [5.74, 6) is 0. The molecule has 0 saturated heterocycles. The monoisotopic (exact) mass is 234 g/mol. The Morgan fingerprint density at radius 3 is 2.79 bits per heavy atom. The van der Waals surface area contributed by atoms with Crippen LogP contribution in [0.25, 0.3) is 0 Å². The van der Waals surface area contributed by atoms with E-state index in [1.165, 1.54) is 17.1 Å². The van der Waals surface area contributed by atoms with Gasteiger partial charge >= 0.3 is 0 Å². The van der Waals surface area contributed by atoms with Gasteiger partial charge in [0.2, 0.25) is 0 Å². The first-order valence-electron chi connectivity index (χ1n) is 4.07. The Balaban J connectivity index is 2.84. The van der Waals surface area contributed by atoms with Crippen LogP contribution in [0.3, 0.4) is 0 Å². The lowest BCUT2D eigenvalue weighted by atomic mass is 10.2. The average molecular weight is 235 g/mol. The molecule has 1 aromatic rings. The predicted octanol–water partition coefficient (Wildman–Crippen LogP) is 1.78. The molecule has 0 bridgehead atoms. The highest BCUT2D eigenvalue weighted by Gasteiger charge is 2.12. The van der Waals surface area contributed by atoms with Crippen LogP contribution in [0.2, 0.25) is 0 Å². The topological polar surface area (TPSA) is 52.0 Å². The van der Waals surface area contributed by atoms with Gasteiger partial charge in [-0.05, 0) is 6.42 Å². The fourth-order valence-electron chi connectivity index (χ4n) is 0.898. The van der Waals surface area contributed by atoms with Crippen molar-refractivity contribution in [2.45, 2.75) is 24.8 Å². The SMILES string of the molecule is C=C(CC)Cn1cc(S(=O)(=O)Cl)cn1. The minimum Gasteiger partial charge on any atom is -0.267 e. The standard InChI is InChI=1S/C8H11ClN2O2S/c1-3-7(2)5-11-6-8(4-10-11)14(9,12)13/h4,6H,2-3,5H2,1H3. The summed E-state index contributed by atoms with van der Waals surface area (Å²) in [7, 11) is 1.47. The van der Waals surface area contributed by atoms with Crippen molar-refractivity contribution in [3.05, 3.63) is 24.5 Å². The molecule has 1 heterocycles. The van der Waals surface area contributed by atoms with E-state index in [1.54, 1.807) is 0 Å². The van der Waals surface area contributed by atoms with Crippen molar-refractivity contribution in [1.82, 2.24) is 9.78 Å². The second-order valence-corrected chi connectivity index (χ2v) is 5.48. The summed E-state index contributed by atoms with van der Waals surface area (Å²) in [6, 6.07) is 0. The highest BCUT2D eigenvalue weighted by atomic mass is 35.7. The lowest BCUT2D eigenvalue weighted by Gasteiger charge is -2.01. The maximum Gasteiger partial charge on any atom is 0.264 e. The van der Waals surface area contributed by atoms with Crippen LogP contribution in [0.15, 0.2) is 29.4 Å². The number of hydrogen-bond acceptors (Lipinski definition) is 3. The minimum atomic E-state index is -3.67. The molecule has 14 heavy (non-hydrogen) atoms. The molecule has 0 atom stereocenters. The maximum absolute atomic E-state index is 10.9. The largest absolute Gasteiger partial charge is 0.267 e. The van der Waals surface area contributed by atoms with Gasteiger partial charge < -0.3 is 0 Å². The molecule has 1 aromatic heterocycles. The van der Waals surface area contributed by atoms with Crippen molar-refractivity contribution in [2.24, 2.45) is 0 Å². The quantitative estimate of drug-likeness (QED) is 0.590. The third kappa shape index (κ3) is 2.85. The Kier molecular flexibility index (Phi) is 3.34. The summed E-state index contributed by atoms with van der Waals surface area (Å²) in [6.07, 6.45) is 3.46. The molecule has 78 valence electrons. The molecule has 0 radical (unpaired) electrons. The first-order chi connectivity index (χ1) is 6.43. The minimum absolute atomic E-state index is 0.0167. The van der Waals surface area contributed by atoms with Gasteiger partial charge in [0, 0.05) is 16.9 Å². The van der Waals surface area contributed by atoms with Gasteiger partial charge in [-0.15, -0.1) is 0 Å². The number of nitrogens with zero attached hydrogens (tertiary/aromatic N) is 2. The number of aromatic nitrogens is 2. The van der Waals surface area contributed by atoms with Crippen molar-refractivity contribution in [2.75, 3.05) is 0 Å². The molecule has 0 fully saturated rings. The summed E-state index contributed by atoms with van der Waals surface area (Å²) in [5.41, 5.74) is 0.978. The van der Waals surface area contributed by atoms with Crippen LogP contribution in [0.4, 0.5) is 0 Å². The van der Waals surface area contributed by atoms with E-state index in [1.807, 2.05) is 6.92 Å². The van der Waals surface area contributed by atoms with Crippen LogP contribution in [0.5, 0.6) is 0 Å². The molecule has 0 aliphatic rings. The number of rotatable bonds is 4. The van der Waals surface area contributed by atoms with Crippen molar-refractivity contribution in [1.29, 1.82) is 0 Å². The van der Waals surface area contributed by atoms with Crippen LogP contribution in [-0.2, 0) is 15.6 Å². The Morgan fingerprint density at radius 1 is 1.71 bits per heavy atom. The van der Waals surface area contributed by atoms with Gasteiger partial charge in [-0.25, -0.2) is 8.42 Å². The Bertz CT molecular complexity index is 436. The summed E-state index contributed by atoms with van der Waals surface area (Å²) in [5, 5.41) is 3.86. The van der Waals surface area contributed by atoms with Crippen molar-refractivity contribution in [3.63, 3.8) is 0 Å². The second kappa shape index (κ2) is 4.14. The van der Waals surface area contributed by atoms with Gasteiger partial charge in [0.1, 0.15) is 4.90 Å². The molecule has 0 saturated carbocycles. The zero-order valence-corrected chi connectivity index (χ0v) is 9.35. The molecule has 6 heteroatoms. The molecular weight excluding hydrogens is 224 g/mol. The summed E-state index contributed by atoms with van der Waals surface area (Å²) >= 11 is 0. The molecule has 0 amide bonds. The fourth-order valence-corrected chi connectivity index (χ4v) is 1.56. The smallest absolute Gasteiger partial charge is 0.264 e. The normalized spacial score (nSPS) is 11.6. The molecular formula is C8H11ClN2O2S. The van der Waals surface area contributed by atoms with Gasteiger partial charge in [-0.3, -0.25) is 4.68 Å². The Labute approximate surface area is 87.6 Å². The van der Waals surface area contributed by atoms with Crippen molar-refractivity contribution in [3.8, 4) is 0 Å². The van der Waals surface area contributed by atoms with E-state index in [0.717, 1.165) is 12.0 Å². The average Bonchev–Trinajstić information content (AvgIpc) is 2.51. The first-order valence-corrected chi connectivity index (χ1v) is 6.38. The van der Waals surface area contributed by atoms with Gasteiger partial charge in [0.25, 0.3) is 9.05 Å². The molecule has 0 aromatic carbocycles. The van der Waals surface area contributed by atoms with Crippen LogP contribution in [-0.4, -0.2) is 18.2 Å². The van der Waals surface area contributed by atoms with E-state index in [2.05, 4.69) is 11.7 Å². The summed E-state index contributed by atoms with van der Waals surface area (Å²) < 4.78 is 23.3. The maximum atomic E-state index is 10.9. The second-order valence-electron chi connectivity index (χ2n) is 2.92. The van der Waals surface area contributed by atoms with Gasteiger partial charge in [0.15, 0.2) is 0 Å². The molecule has 0 aliphatic heterocycles. The van der Waals surface area contributed by atoms with Gasteiger partial charge in [-0.2, -0.15) is 5.10 Å². The van der Waals surface area contributed by atoms with E-state index in [0.29, 0.717) is 6.54 Å². The van der Waals surface area contributed by atoms with Crippen LogP contribution < -0.4 is 0 Å². The third-order valence-corrected chi connectivity index (χ3v) is 3.09. The Hall–Kier alpha value is -0.810. The van der Waals surface area contributed by atoms with E-state index in [9.17, 15) is 8.42 Å². The Morgan fingerprint density at radius 2 is 2.36 bits per heavy atom. The number of allylic oxidation sites excluding steroid dienone is 1.